The molecule has 0 unspecified atom stereocenters. The van der Waals surface area contributed by atoms with Gasteiger partial charge < -0.3 is 10.5 Å². The molecule has 0 radical (unpaired) electrons. The Labute approximate surface area is 94.8 Å². The van der Waals surface area contributed by atoms with Crippen LogP contribution in [0.5, 0.6) is 5.75 Å². The van der Waals surface area contributed by atoms with Crippen molar-refractivity contribution < 1.29 is 9.53 Å². The summed E-state index contributed by atoms with van der Waals surface area (Å²) in [5, 5.41) is 0. The second-order valence-electron chi connectivity index (χ2n) is 3.95. The minimum atomic E-state index is -0.517. The summed E-state index contributed by atoms with van der Waals surface area (Å²) in [4.78, 5) is 15.6. The van der Waals surface area contributed by atoms with Crippen molar-refractivity contribution in [3.63, 3.8) is 0 Å². The quantitative estimate of drug-likeness (QED) is 0.838. The predicted octanol–water partition coefficient (Wildman–Crippen LogP) is 1.46. The zero-order chi connectivity index (χ0) is 11.5. The minimum Gasteiger partial charge on any atom is -0.491 e. The summed E-state index contributed by atoms with van der Waals surface area (Å²) >= 11 is 0. The van der Waals surface area contributed by atoms with Gasteiger partial charge in [-0.1, -0.05) is 0 Å². The number of pyridine rings is 1. The van der Waals surface area contributed by atoms with Crippen LogP contribution in [0.1, 0.15) is 41.5 Å². The van der Waals surface area contributed by atoms with Crippen LogP contribution in [-0.2, 0) is 12.8 Å². The number of rotatable bonds is 3. The average Bonchev–Trinajstić information content (AvgIpc) is 2.28. The van der Waals surface area contributed by atoms with Gasteiger partial charge in [-0.05, 0) is 44.2 Å². The molecule has 1 aromatic heterocycles. The van der Waals surface area contributed by atoms with Crippen LogP contribution < -0.4 is 10.5 Å². The van der Waals surface area contributed by atoms with Gasteiger partial charge in [-0.3, -0.25) is 4.79 Å². The third-order valence-corrected chi connectivity index (χ3v) is 2.80. The van der Waals surface area contributed by atoms with E-state index in [9.17, 15) is 4.79 Å². The maximum absolute atomic E-state index is 11.3. The molecule has 4 nitrogen and oxygen atoms in total. The van der Waals surface area contributed by atoms with E-state index in [4.69, 9.17) is 10.5 Å². The van der Waals surface area contributed by atoms with E-state index in [1.807, 2.05) is 13.0 Å². The number of carbonyl (C=O) groups excluding carboxylic acids is 1. The highest BCUT2D eigenvalue weighted by atomic mass is 16.5. The molecule has 1 amide bonds. The number of ether oxygens (including phenoxy) is 1. The largest absolute Gasteiger partial charge is 0.491 e. The highest BCUT2D eigenvalue weighted by Gasteiger charge is 2.18. The van der Waals surface area contributed by atoms with Gasteiger partial charge in [-0.15, -0.1) is 0 Å². The molecule has 1 aliphatic rings. The van der Waals surface area contributed by atoms with Crippen LogP contribution in [0.25, 0.3) is 0 Å². The lowest BCUT2D eigenvalue weighted by atomic mass is 9.95. The van der Waals surface area contributed by atoms with Crippen LogP contribution in [0.2, 0.25) is 0 Å². The van der Waals surface area contributed by atoms with Crippen molar-refractivity contribution in [3.8, 4) is 5.75 Å². The molecule has 1 aliphatic carbocycles. The van der Waals surface area contributed by atoms with Crippen LogP contribution in [-0.4, -0.2) is 17.5 Å². The lowest BCUT2D eigenvalue weighted by molar-refractivity contribution is 0.0991. The van der Waals surface area contributed by atoms with E-state index in [1.165, 1.54) is 12.0 Å². The second-order valence-corrected chi connectivity index (χ2v) is 3.95. The third-order valence-electron chi connectivity index (χ3n) is 2.80. The maximum atomic E-state index is 11.3. The SMILES string of the molecule is CCOc1cc2c(nc1C(N)=O)CCCC2. The number of aromatic nitrogens is 1. The van der Waals surface area contributed by atoms with E-state index in [2.05, 4.69) is 4.98 Å². The first-order chi connectivity index (χ1) is 7.72. The Bertz CT molecular complexity index is 416. The van der Waals surface area contributed by atoms with Crippen molar-refractivity contribution in [3.05, 3.63) is 23.0 Å². The number of carbonyl (C=O) groups is 1. The number of nitrogens with zero attached hydrogens (tertiary/aromatic N) is 1. The van der Waals surface area contributed by atoms with Gasteiger partial charge in [0.2, 0.25) is 0 Å². The summed E-state index contributed by atoms with van der Waals surface area (Å²) in [6.07, 6.45) is 4.26. The van der Waals surface area contributed by atoms with Crippen molar-refractivity contribution in [2.45, 2.75) is 32.6 Å². The van der Waals surface area contributed by atoms with Gasteiger partial charge in [0, 0.05) is 5.69 Å². The molecule has 0 atom stereocenters. The Kier molecular flexibility index (Phi) is 3.08. The van der Waals surface area contributed by atoms with E-state index in [1.54, 1.807) is 0 Å². The fourth-order valence-corrected chi connectivity index (χ4v) is 2.05. The summed E-state index contributed by atoms with van der Waals surface area (Å²) in [7, 11) is 0. The van der Waals surface area contributed by atoms with E-state index in [-0.39, 0.29) is 5.69 Å². The normalized spacial score (nSPS) is 14.3. The molecule has 0 bridgehead atoms. The predicted molar refractivity (Wildman–Crippen MR) is 60.6 cm³/mol. The highest BCUT2D eigenvalue weighted by Crippen LogP contribution is 2.26. The zero-order valence-corrected chi connectivity index (χ0v) is 9.45. The average molecular weight is 220 g/mol. The van der Waals surface area contributed by atoms with Crippen LogP contribution in [0, 0.1) is 0 Å². The molecule has 0 spiro atoms. The number of amides is 1. The van der Waals surface area contributed by atoms with Gasteiger partial charge in [-0.2, -0.15) is 0 Å². The van der Waals surface area contributed by atoms with Gasteiger partial charge in [-0.25, -0.2) is 4.98 Å². The second kappa shape index (κ2) is 4.51. The van der Waals surface area contributed by atoms with Gasteiger partial charge in [0.05, 0.1) is 6.61 Å². The Morgan fingerprint density at radius 2 is 2.25 bits per heavy atom. The Morgan fingerprint density at radius 1 is 1.50 bits per heavy atom. The lowest BCUT2D eigenvalue weighted by Crippen LogP contribution is -2.18. The zero-order valence-electron chi connectivity index (χ0n) is 9.45. The fourth-order valence-electron chi connectivity index (χ4n) is 2.05. The Morgan fingerprint density at radius 3 is 2.94 bits per heavy atom. The van der Waals surface area contributed by atoms with Crippen LogP contribution in [0.3, 0.4) is 0 Å². The van der Waals surface area contributed by atoms with Crippen LogP contribution >= 0.6 is 0 Å². The molecule has 0 aliphatic heterocycles. The highest BCUT2D eigenvalue weighted by molar-refractivity contribution is 5.93. The molecule has 4 heteroatoms. The molecule has 0 aromatic carbocycles. The molecule has 0 saturated heterocycles. The van der Waals surface area contributed by atoms with Crippen molar-refractivity contribution in [2.75, 3.05) is 6.61 Å². The Balaban J connectivity index is 2.45. The number of primary amides is 1. The van der Waals surface area contributed by atoms with Gasteiger partial charge in [0.25, 0.3) is 5.91 Å². The molecule has 0 saturated carbocycles. The molecule has 2 N–H and O–H groups in total. The number of hydrogen-bond acceptors (Lipinski definition) is 3. The smallest absolute Gasteiger partial charge is 0.271 e. The van der Waals surface area contributed by atoms with Crippen molar-refractivity contribution in [1.29, 1.82) is 0 Å². The van der Waals surface area contributed by atoms with E-state index < -0.39 is 5.91 Å². The van der Waals surface area contributed by atoms with E-state index >= 15 is 0 Å². The minimum absolute atomic E-state index is 0.266. The molecule has 0 fully saturated rings. The number of fused-ring (bicyclic) bond motifs is 1. The molecular weight excluding hydrogens is 204 g/mol. The third kappa shape index (κ3) is 2.01. The van der Waals surface area contributed by atoms with Gasteiger partial charge >= 0.3 is 0 Å². The van der Waals surface area contributed by atoms with Crippen LogP contribution in [0.4, 0.5) is 0 Å². The molecule has 2 rings (SSSR count). The van der Waals surface area contributed by atoms with Crippen molar-refractivity contribution in [1.82, 2.24) is 4.98 Å². The fraction of sp³-hybridized carbons (Fsp3) is 0.500. The molecule has 1 aromatic rings. The van der Waals surface area contributed by atoms with E-state index in [0.29, 0.717) is 12.4 Å². The van der Waals surface area contributed by atoms with Gasteiger partial charge in [0.1, 0.15) is 0 Å². The van der Waals surface area contributed by atoms with E-state index in [0.717, 1.165) is 25.0 Å². The monoisotopic (exact) mass is 220 g/mol. The summed E-state index contributed by atoms with van der Waals surface area (Å²) < 4.78 is 5.40. The van der Waals surface area contributed by atoms with Crippen molar-refractivity contribution in [2.24, 2.45) is 5.73 Å². The first kappa shape index (κ1) is 10.9. The molecule has 16 heavy (non-hydrogen) atoms. The summed E-state index contributed by atoms with van der Waals surface area (Å²) in [5.74, 6) is 0.00692. The topological polar surface area (TPSA) is 65.2 Å². The first-order valence-electron chi connectivity index (χ1n) is 5.67. The number of aryl methyl sites for hydroxylation is 2. The van der Waals surface area contributed by atoms with Crippen LogP contribution in [0.15, 0.2) is 6.07 Å². The summed E-state index contributed by atoms with van der Waals surface area (Å²) in [6.45, 7) is 2.39. The summed E-state index contributed by atoms with van der Waals surface area (Å²) in [5.41, 5.74) is 7.76. The standard InChI is InChI=1S/C12H16N2O2/c1-2-16-10-7-8-5-3-4-6-9(8)14-11(10)12(13)15/h7H,2-6H2,1H3,(H2,13,15). The maximum Gasteiger partial charge on any atom is 0.271 e. The first-order valence-corrected chi connectivity index (χ1v) is 5.67. The lowest BCUT2D eigenvalue weighted by Gasteiger charge is -2.17. The number of nitrogens with two attached hydrogens (primary N) is 1. The van der Waals surface area contributed by atoms with Crippen molar-refractivity contribution >= 4 is 5.91 Å². The van der Waals surface area contributed by atoms with Gasteiger partial charge in [0.15, 0.2) is 11.4 Å². The summed E-state index contributed by atoms with van der Waals surface area (Å²) in [6, 6.07) is 1.92. The number of hydrogen-bond donors (Lipinski definition) is 1. The Hall–Kier alpha value is -1.58. The molecular formula is C12H16N2O2. The molecule has 1 heterocycles. The molecule has 86 valence electrons.